The first-order valence-electron chi connectivity index (χ1n) is 5.46. The number of hydrogen-bond donors (Lipinski definition) is 0. The highest BCUT2D eigenvalue weighted by molar-refractivity contribution is 9.10. The number of benzene rings is 1. The van der Waals surface area contributed by atoms with Gasteiger partial charge in [-0.1, -0.05) is 12.1 Å². The van der Waals surface area contributed by atoms with Crippen molar-refractivity contribution in [1.29, 1.82) is 0 Å². The number of rotatable bonds is 3. The number of hydrogen-bond acceptors (Lipinski definition) is 2. The Kier molecular flexibility index (Phi) is 3.79. The number of ether oxygens (including phenoxy) is 1. The van der Waals surface area contributed by atoms with Gasteiger partial charge in [-0.2, -0.15) is 0 Å². The van der Waals surface area contributed by atoms with E-state index in [1.165, 1.54) is 5.56 Å². The van der Waals surface area contributed by atoms with E-state index in [-0.39, 0.29) is 0 Å². The van der Waals surface area contributed by atoms with Gasteiger partial charge in [-0.3, -0.25) is 4.98 Å². The Bertz CT molecular complexity index is 525. The molecular weight excluding hydrogens is 278 g/mol. The lowest BCUT2D eigenvalue weighted by molar-refractivity contribution is 0.298. The smallest absolute Gasteiger partial charge is 0.131 e. The molecule has 1 heterocycles. The van der Waals surface area contributed by atoms with Crippen molar-refractivity contribution in [3.8, 4) is 5.75 Å². The standard InChI is InChI=1S/C14H14BrNO/c1-10-5-6-11(2)14(8-10)17-9-13-12(15)4-3-7-16-13/h3-8H,9H2,1-2H3. The third-order valence-corrected chi connectivity index (χ3v) is 3.26. The highest BCUT2D eigenvalue weighted by atomic mass is 79.9. The first-order valence-corrected chi connectivity index (χ1v) is 6.25. The number of pyridine rings is 1. The summed E-state index contributed by atoms with van der Waals surface area (Å²) in [5.74, 6) is 0.919. The largest absolute Gasteiger partial charge is 0.487 e. The Balaban J connectivity index is 2.12. The monoisotopic (exact) mass is 291 g/mol. The summed E-state index contributed by atoms with van der Waals surface area (Å²) < 4.78 is 6.77. The summed E-state index contributed by atoms with van der Waals surface area (Å²) >= 11 is 3.46. The third-order valence-electron chi connectivity index (χ3n) is 2.54. The second kappa shape index (κ2) is 5.32. The zero-order chi connectivity index (χ0) is 12.3. The van der Waals surface area contributed by atoms with Crippen molar-refractivity contribution < 1.29 is 4.74 Å². The number of aromatic nitrogens is 1. The minimum Gasteiger partial charge on any atom is -0.487 e. The van der Waals surface area contributed by atoms with Gasteiger partial charge in [0.15, 0.2) is 0 Å². The molecule has 0 aliphatic heterocycles. The molecule has 0 spiro atoms. The van der Waals surface area contributed by atoms with Crippen LogP contribution < -0.4 is 4.74 Å². The van der Waals surface area contributed by atoms with Crippen molar-refractivity contribution >= 4 is 15.9 Å². The number of halogens is 1. The van der Waals surface area contributed by atoms with Crippen LogP contribution in [0.5, 0.6) is 5.75 Å². The van der Waals surface area contributed by atoms with E-state index >= 15 is 0 Å². The Morgan fingerprint density at radius 2 is 2.06 bits per heavy atom. The first-order chi connectivity index (χ1) is 8.16. The summed E-state index contributed by atoms with van der Waals surface area (Å²) in [5.41, 5.74) is 3.25. The molecule has 0 radical (unpaired) electrons. The van der Waals surface area contributed by atoms with Crippen LogP contribution in [0.15, 0.2) is 41.0 Å². The maximum atomic E-state index is 5.79. The van der Waals surface area contributed by atoms with Crippen LogP contribution in [0.4, 0.5) is 0 Å². The lowest BCUT2D eigenvalue weighted by Gasteiger charge is -2.10. The van der Waals surface area contributed by atoms with Crippen molar-refractivity contribution in [1.82, 2.24) is 4.98 Å². The van der Waals surface area contributed by atoms with E-state index in [4.69, 9.17) is 4.74 Å². The molecule has 0 bridgehead atoms. The van der Waals surface area contributed by atoms with Crippen LogP contribution in [0.2, 0.25) is 0 Å². The summed E-state index contributed by atoms with van der Waals surface area (Å²) in [6.45, 7) is 4.58. The fraction of sp³-hybridized carbons (Fsp3) is 0.214. The molecule has 2 nitrogen and oxygen atoms in total. The Morgan fingerprint density at radius 1 is 1.24 bits per heavy atom. The molecule has 0 amide bonds. The highest BCUT2D eigenvalue weighted by Gasteiger charge is 2.03. The second-order valence-corrected chi connectivity index (χ2v) is 4.84. The molecule has 1 aromatic carbocycles. The number of aryl methyl sites for hydroxylation is 2. The zero-order valence-corrected chi connectivity index (χ0v) is 11.5. The van der Waals surface area contributed by atoms with Crippen molar-refractivity contribution in [3.05, 3.63) is 57.8 Å². The normalized spacial score (nSPS) is 10.3. The van der Waals surface area contributed by atoms with Gasteiger partial charge in [0.2, 0.25) is 0 Å². The van der Waals surface area contributed by atoms with E-state index in [2.05, 4.69) is 40.0 Å². The molecule has 0 N–H and O–H groups in total. The molecule has 1 aromatic heterocycles. The second-order valence-electron chi connectivity index (χ2n) is 3.99. The van der Waals surface area contributed by atoms with Crippen LogP contribution in [0.3, 0.4) is 0 Å². The summed E-state index contributed by atoms with van der Waals surface area (Å²) in [6, 6.07) is 10.1. The van der Waals surface area contributed by atoms with Crippen molar-refractivity contribution in [2.75, 3.05) is 0 Å². The molecule has 0 saturated carbocycles. The van der Waals surface area contributed by atoms with Crippen LogP contribution >= 0.6 is 15.9 Å². The third kappa shape index (κ3) is 3.07. The summed E-state index contributed by atoms with van der Waals surface area (Å²) in [6.07, 6.45) is 1.77. The first kappa shape index (κ1) is 12.1. The summed E-state index contributed by atoms with van der Waals surface area (Å²) in [4.78, 5) is 4.27. The van der Waals surface area contributed by atoms with Gasteiger partial charge in [0.05, 0.1) is 5.69 Å². The molecule has 2 rings (SSSR count). The summed E-state index contributed by atoms with van der Waals surface area (Å²) in [5, 5.41) is 0. The predicted molar refractivity (Wildman–Crippen MR) is 72.2 cm³/mol. The van der Waals surface area contributed by atoms with Crippen LogP contribution in [0, 0.1) is 13.8 Å². The zero-order valence-electron chi connectivity index (χ0n) is 9.90. The van der Waals surface area contributed by atoms with Crippen LogP contribution in [-0.2, 0) is 6.61 Å². The van der Waals surface area contributed by atoms with Gasteiger partial charge in [0.25, 0.3) is 0 Å². The molecule has 0 fully saturated rings. The van der Waals surface area contributed by atoms with Crippen molar-refractivity contribution in [3.63, 3.8) is 0 Å². The Morgan fingerprint density at radius 3 is 2.82 bits per heavy atom. The van der Waals surface area contributed by atoms with Crippen molar-refractivity contribution in [2.24, 2.45) is 0 Å². The molecule has 0 aliphatic rings. The average Bonchev–Trinajstić information content (AvgIpc) is 2.32. The summed E-state index contributed by atoms with van der Waals surface area (Å²) in [7, 11) is 0. The number of nitrogens with zero attached hydrogens (tertiary/aromatic N) is 1. The minimum atomic E-state index is 0.478. The quantitative estimate of drug-likeness (QED) is 0.851. The molecule has 2 aromatic rings. The average molecular weight is 292 g/mol. The van der Waals surface area contributed by atoms with E-state index in [0.717, 1.165) is 21.5 Å². The van der Waals surface area contributed by atoms with Gasteiger partial charge in [-0.15, -0.1) is 0 Å². The van der Waals surface area contributed by atoms with Gasteiger partial charge >= 0.3 is 0 Å². The van der Waals surface area contributed by atoms with Gasteiger partial charge in [-0.05, 0) is 59.1 Å². The van der Waals surface area contributed by atoms with Crippen LogP contribution in [-0.4, -0.2) is 4.98 Å². The minimum absolute atomic E-state index is 0.478. The van der Waals surface area contributed by atoms with Crippen molar-refractivity contribution in [2.45, 2.75) is 20.5 Å². The van der Waals surface area contributed by atoms with E-state index in [1.807, 2.05) is 25.1 Å². The van der Waals surface area contributed by atoms with Gasteiger partial charge in [0, 0.05) is 10.7 Å². The fourth-order valence-electron chi connectivity index (χ4n) is 1.53. The molecule has 17 heavy (non-hydrogen) atoms. The van der Waals surface area contributed by atoms with E-state index in [9.17, 15) is 0 Å². The van der Waals surface area contributed by atoms with E-state index in [1.54, 1.807) is 6.20 Å². The molecule has 3 heteroatoms. The topological polar surface area (TPSA) is 22.1 Å². The molecule has 0 aliphatic carbocycles. The lowest BCUT2D eigenvalue weighted by atomic mass is 10.1. The Labute approximate surface area is 110 Å². The van der Waals surface area contributed by atoms with Gasteiger partial charge in [-0.25, -0.2) is 0 Å². The van der Waals surface area contributed by atoms with Crippen LogP contribution in [0.25, 0.3) is 0 Å². The van der Waals surface area contributed by atoms with E-state index in [0.29, 0.717) is 6.61 Å². The molecule has 0 atom stereocenters. The molecule has 0 unspecified atom stereocenters. The fourth-order valence-corrected chi connectivity index (χ4v) is 1.90. The van der Waals surface area contributed by atoms with Gasteiger partial charge < -0.3 is 4.74 Å². The lowest BCUT2D eigenvalue weighted by Crippen LogP contribution is -2.00. The molecule has 0 saturated heterocycles. The SMILES string of the molecule is Cc1ccc(C)c(OCc2ncccc2Br)c1. The van der Waals surface area contributed by atoms with Crippen LogP contribution in [0.1, 0.15) is 16.8 Å². The van der Waals surface area contributed by atoms with Gasteiger partial charge in [0.1, 0.15) is 12.4 Å². The highest BCUT2D eigenvalue weighted by Crippen LogP contribution is 2.21. The molecule has 88 valence electrons. The maximum absolute atomic E-state index is 5.79. The van der Waals surface area contributed by atoms with E-state index < -0.39 is 0 Å². The Hall–Kier alpha value is -1.35. The molecular formula is C14H14BrNO. The predicted octanol–water partition coefficient (Wildman–Crippen LogP) is 4.04. The maximum Gasteiger partial charge on any atom is 0.131 e.